The number of hydrogen-bond donors (Lipinski definition) is 1. The van der Waals surface area contributed by atoms with Gasteiger partial charge in [0.2, 0.25) is 0 Å². The van der Waals surface area contributed by atoms with Crippen LogP contribution in [0.1, 0.15) is 68.9 Å². The van der Waals surface area contributed by atoms with E-state index in [1.165, 1.54) is 51.4 Å². The van der Waals surface area contributed by atoms with Gasteiger partial charge in [-0.3, -0.25) is 5.10 Å². The van der Waals surface area contributed by atoms with Crippen LogP contribution in [-0.2, 0) is 6.42 Å². The summed E-state index contributed by atoms with van der Waals surface area (Å²) in [4.78, 5) is 4.63. The SMILES string of the molecule is C1CCCC(Cc2nc(C3CC3)n[nH]2)CC1. The van der Waals surface area contributed by atoms with Crippen LogP contribution in [0.3, 0.4) is 0 Å². The van der Waals surface area contributed by atoms with Crippen molar-refractivity contribution < 1.29 is 0 Å². The van der Waals surface area contributed by atoms with Crippen LogP contribution in [0, 0.1) is 5.92 Å². The molecule has 3 rings (SSSR count). The van der Waals surface area contributed by atoms with Crippen molar-refractivity contribution in [3.8, 4) is 0 Å². The zero-order valence-corrected chi connectivity index (χ0v) is 9.91. The minimum absolute atomic E-state index is 0.680. The molecule has 2 fully saturated rings. The Morgan fingerprint density at radius 2 is 1.75 bits per heavy atom. The first-order chi connectivity index (χ1) is 7.92. The Balaban J connectivity index is 1.58. The Labute approximate surface area is 97.1 Å². The lowest BCUT2D eigenvalue weighted by Crippen LogP contribution is -2.04. The van der Waals surface area contributed by atoms with E-state index in [4.69, 9.17) is 0 Å². The fourth-order valence-corrected chi connectivity index (χ4v) is 2.77. The number of hydrogen-bond acceptors (Lipinski definition) is 2. The molecule has 1 aromatic rings. The van der Waals surface area contributed by atoms with E-state index in [-0.39, 0.29) is 0 Å². The van der Waals surface area contributed by atoms with Crippen LogP contribution >= 0.6 is 0 Å². The monoisotopic (exact) mass is 219 g/mol. The largest absolute Gasteiger partial charge is 0.263 e. The summed E-state index contributed by atoms with van der Waals surface area (Å²) in [6, 6.07) is 0. The van der Waals surface area contributed by atoms with Crippen molar-refractivity contribution in [3.05, 3.63) is 11.6 Å². The Morgan fingerprint density at radius 3 is 2.44 bits per heavy atom. The smallest absolute Gasteiger partial charge is 0.153 e. The lowest BCUT2D eigenvalue weighted by atomic mass is 9.96. The van der Waals surface area contributed by atoms with Crippen molar-refractivity contribution in [3.63, 3.8) is 0 Å². The number of aromatic nitrogens is 3. The zero-order chi connectivity index (χ0) is 10.8. The third-order valence-corrected chi connectivity index (χ3v) is 3.95. The minimum atomic E-state index is 0.680. The first-order valence-corrected chi connectivity index (χ1v) is 6.83. The maximum atomic E-state index is 4.63. The first kappa shape index (κ1) is 10.3. The van der Waals surface area contributed by atoms with Gasteiger partial charge in [0.25, 0.3) is 0 Å². The van der Waals surface area contributed by atoms with E-state index in [1.807, 2.05) is 0 Å². The number of nitrogens with zero attached hydrogens (tertiary/aromatic N) is 2. The molecule has 1 heterocycles. The van der Waals surface area contributed by atoms with Gasteiger partial charge < -0.3 is 0 Å². The summed E-state index contributed by atoms with van der Waals surface area (Å²) in [6.07, 6.45) is 12.2. The van der Waals surface area contributed by atoms with Gasteiger partial charge in [-0.2, -0.15) is 5.10 Å². The van der Waals surface area contributed by atoms with E-state index < -0.39 is 0 Å². The minimum Gasteiger partial charge on any atom is -0.263 e. The summed E-state index contributed by atoms with van der Waals surface area (Å²) in [5.41, 5.74) is 0. The van der Waals surface area contributed by atoms with Gasteiger partial charge in [0, 0.05) is 12.3 Å². The molecule has 0 amide bonds. The topological polar surface area (TPSA) is 41.6 Å². The quantitative estimate of drug-likeness (QED) is 0.793. The highest BCUT2D eigenvalue weighted by atomic mass is 15.2. The van der Waals surface area contributed by atoms with Crippen LogP contribution in [0.4, 0.5) is 0 Å². The Kier molecular flexibility index (Phi) is 2.94. The normalized spacial score (nSPS) is 23.2. The Hall–Kier alpha value is -0.860. The fraction of sp³-hybridized carbons (Fsp3) is 0.846. The number of H-pyrrole nitrogens is 1. The van der Waals surface area contributed by atoms with Crippen molar-refractivity contribution in [1.29, 1.82) is 0 Å². The van der Waals surface area contributed by atoms with E-state index >= 15 is 0 Å². The molecule has 0 aliphatic heterocycles. The van der Waals surface area contributed by atoms with Crippen LogP contribution in [0.15, 0.2) is 0 Å². The van der Waals surface area contributed by atoms with Crippen LogP contribution in [-0.4, -0.2) is 15.2 Å². The highest BCUT2D eigenvalue weighted by molar-refractivity contribution is 5.05. The molecule has 0 atom stereocenters. The molecule has 0 bridgehead atoms. The number of rotatable bonds is 3. The van der Waals surface area contributed by atoms with Gasteiger partial charge >= 0.3 is 0 Å². The van der Waals surface area contributed by atoms with Gasteiger partial charge in [0.15, 0.2) is 5.82 Å². The Morgan fingerprint density at radius 1 is 1.00 bits per heavy atom. The standard InChI is InChI=1S/C13H21N3/c1-2-4-6-10(5-3-1)9-12-14-13(16-15-12)11-7-8-11/h10-11H,1-9H2,(H,14,15,16). The molecule has 0 saturated heterocycles. The number of aromatic amines is 1. The average Bonchev–Trinajstić information content (AvgIpc) is 3.07. The van der Waals surface area contributed by atoms with Gasteiger partial charge in [0.05, 0.1) is 0 Å². The van der Waals surface area contributed by atoms with E-state index in [0.717, 1.165) is 24.0 Å². The van der Waals surface area contributed by atoms with Crippen molar-refractivity contribution in [2.75, 3.05) is 0 Å². The van der Waals surface area contributed by atoms with Crippen molar-refractivity contribution in [2.45, 2.75) is 63.7 Å². The number of nitrogens with one attached hydrogen (secondary N) is 1. The molecule has 2 saturated carbocycles. The Bertz CT molecular complexity index is 333. The summed E-state index contributed by atoms with van der Waals surface area (Å²) >= 11 is 0. The molecule has 1 N–H and O–H groups in total. The highest BCUT2D eigenvalue weighted by Crippen LogP contribution is 2.38. The first-order valence-electron chi connectivity index (χ1n) is 6.83. The molecule has 1 aromatic heterocycles. The molecule has 3 heteroatoms. The molecule has 2 aliphatic rings. The zero-order valence-electron chi connectivity index (χ0n) is 9.91. The van der Waals surface area contributed by atoms with E-state index in [1.54, 1.807) is 0 Å². The van der Waals surface area contributed by atoms with Gasteiger partial charge in [0.1, 0.15) is 5.82 Å². The summed E-state index contributed by atoms with van der Waals surface area (Å²) < 4.78 is 0. The molecule has 0 unspecified atom stereocenters. The van der Waals surface area contributed by atoms with Crippen molar-refractivity contribution in [2.24, 2.45) is 5.92 Å². The van der Waals surface area contributed by atoms with E-state index in [0.29, 0.717) is 5.92 Å². The van der Waals surface area contributed by atoms with Crippen LogP contribution < -0.4 is 0 Å². The van der Waals surface area contributed by atoms with Gasteiger partial charge in [-0.05, 0) is 18.8 Å². The van der Waals surface area contributed by atoms with Gasteiger partial charge in [-0.15, -0.1) is 0 Å². The van der Waals surface area contributed by atoms with Gasteiger partial charge in [-0.25, -0.2) is 4.98 Å². The molecule has 88 valence electrons. The van der Waals surface area contributed by atoms with Crippen molar-refractivity contribution in [1.82, 2.24) is 15.2 Å². The van der Waals surface area contributed by atoms with Crippen LogP contribution in [0.25, 0.3) is 0 Å². The average molecular weight is 219 g/mol. The molecule has 3 nitrogen and oxygen atoms in total. The molecular formula is C13H21N3. The highest BCUT2D eigenvalue weighted by Gasteiger charge is 2.28. The predicted molar refractivity (Wildman–Crippen MR) is 63.3 cm³/mol. The third-order valence-electron chi connectivity index (χ3n) is 3.95. The summed E-state index contributed by atoms with van der Waals surface area (Å²) in [5.74, 6) is 3.74. The second-order valence-electron chi connectivity index (χ2n) is 5.48. The van der Waals surface area contributed by atoms with Gasteiger partial charge in [-0.1, -0.05) is 38.5 Å². The lowest BCUT2D eigenvalue weighted by molar-refractivity contribution is 0.448. The lowest BCUT2D eigenvalue weighted by Gasteiger charge is -2.10. The van der Waals surface area contributed by atoms with E-state index in [2.05, 4.69) is 15.2 Å². The maximum absolute atomic E-state index is 4.63. The van der Waals surface area contributed by atoms with Crippen LogP contribution in [0.2, 0.25) is 0 Å². The third kappa shape index (κ3) is 2.45. The summed E-state index contributed by atoms with van der Waals surface area (Å²) in [6.45, 7) is 0. The maximum Gasteiger partial charge on any atom is 0.153 e. The van der Waals surface area contributed by atoms with Crippen molar-refractivity contribution >= 4 is 0 Å². The molecular weight excluding hydrogens is 198 g/mol. The second kappa shape index (κ2) is 4.56. The second-order valence-corrected chi connectivity index (χ2v) is 5.48. The van der Waals surface area contributed by atoms with E-state index in [9.17, 15) is 0 Å². The molecule has 16 heavy (non-hydrogen) atoms. The van der Waals surface area contributed by atoms with Crippen LogP contribution in [0.5, 0.6) is 0 Å². The summed E-state index contributed by atoms with van der Waals surface area (Å²) in [7, 11) is 0. The molecule has 0 radical (unpaired) electrons. The predicted octanol–water partition coefficient (Wildman–Crippen LogP) is 3.20. The molecule has 2 aliphatic carbocycles. The fourth-order valence-electron chi connectivity index (χ4n) is 2.77. The molecule has 0 spiro atoms. The summed E-state index contributed by atoms with van der Waals surface area (Å²) in [5, 5.41) is 7.46. The molecule has 0 aromatic carbocycles.